The van der Waals surface area contributed by atoms with E-state index in [2.05, 4.69) is 0 Å². The molecule has 5 nitrogen and oxygen atoms in total. The molecule has 0 aliphatic carbocycles. The summed E-state index contributed by atoms with van der Waals surface area (Å²) in [5.74, 6) is -0.326. The Morgan fingerprint density at radius 1 is 1.29 bits per heavy atom. The zero-order valence-electron chi connectivity index (χ0n) is 14.0. The number of hydrogen-bond acceptors (Lipinski definition) is 3. The molecular formula is C17H23Cl2NO4. The van der Waals surface area contributed by atoms with Crippen molar-refractivity contribution in [2.24, 2.45) is 5.41 Å². The summed E-state index contributed by atoms with van der Waals surface area (Å²) >= 11 is 12.1. The van der Waals surface area contributed by atoms with Gasteiger partial charge in [0.1, 0.15) is 0 Å². The van der Waals surface area contributed by atoms with Crippen molar-refractivity contribution in [2.45, 2.75) is 38.9 Å². The first-order valence-electron chi connectivity index (χ1n) is 7.82. The number of carbonyl (C=O) groups is 1. The molecule has 1 aromatic rings. The summed E-state index contributed by atoms with van der Waals surface area (Å²) in [6, 6.07) is 5.17. The Kier molecular flexibility index (Phi) is 6.02. The minimum atomic E-state index is -1.00. The molecule has 1 saturated heterocycles. The molecule has 134 valence electrons. The van der Waals surface area contributed by atoms with Crippen molar-refractivity contribution in [2.75, 3.05) is 19.7 Å². The number of aliphatic hydroxyl groups is 1. The average molecular weight is 376 g/mol. The van der Waals surface area contributed by atoms with Crippen LogP contribution in [-0.4, -0.2) is 53.1 Å². The SMILES string of the molecule is CC(C)(C)C1CN(C(=O)O)C[C@@H](c2ccc(Cl)c(Cl)c2)[C@H](CO)O1. The maximum atomic E-state index is 11.6. The van der Waals surface area contributed by atoms with Crippen LogP contribution in [0.25, 0.3) is 0 Å². The van der Waals surface area contributed by atoms with Crippen LogP contribution >= 0.6 is 23.2 Å². The lowest BCUT2D eigenvalue weighted by Gasteiger charge is -2.33. The molecule has 0 bridgehead atoms. The first-order chi connectivity index (χ1) is 11.1. The van der Waals surface area contributed by atoms with Crippen LogP contribution in [0.5, 0.6) is 0 Å². The maximum Gasteiger partial charge on any atom is 0.407 e. The molecule has 1 heterocycles. The third-order valence-corrected chi connectivity index (χ3v) is 5.12. The summed E-state index contributed by atoms with van der Waals surface area (Å²) in [7, 11) is 0. The molecule has 0 saturated carbocycles. The van der Waals surface area contributed by atoms with Gasteiger partial charge in [0.2, 0.25) is 0 Å². The van der Waals surface area contributed by atoms with E-state index in [9.17, 15) is 15.0 Å². The van der Waals surface area contributed by atoms with Crippen molar-refractivity contribution in [1.29, 1.82) is 0 Å². The molecule has 7 heteroatoms. The first-order valence-corrected chi connectivity index (χ1v) is 8.58. The third-order valence-electron chi connectivity index (χ3n) is 4.38. The topological polar surface area (TPSA) is 70.0 Å². The Morgan fingerprint density at radius 2 is 1.96 bits per heavy atom. The third kappa shape index (κ3) is 4.33. The molecular weight excluding hydrogens is 353 g/mol. The highest BCUT2D eigenvalue weighted by Crippen LogP contribution is 2.35. The Morgan fingerprint density at radius 3 is 2.46 bits per heavy atom. The van der Waals surface area contributed by atoms with Gasteiger partial charge in [0.05, 0.1) is 35.4 Å². The predicted molar refractivity (Wildman–Crippen MR) is 94.0 cm³/mol. The standard InChI is InChI=1S/C17H23Cl2NO4/c1-17(2,3)15-8-20(16(22)23)7-11(14(9-21)24-15)10-4-5-12(18)13(19)6-10/h4-6,11,14-15,21H,7-9H2,1-3H3,(H,22,23)/t11-,14-,15?/m0/s1. The van der Waals surface area contributed by atoms with Gasteiger partial charge < -0.3 is 19.8 Å². The lowest BCUT2D eigenvalue weighted by Crippen LogP contribution is -2.42. The number of nitrogens with zero attached hydrogens (tertiary/aromatic N) is 1. The Labute approximate surface area is 152 Å². The fourth-order valence-corrected chi connectivity index (χ4v) is 3.15. The van der Waals surface area contributed by atoms with Crippen molar-refractivity contribution in [3.8, 4) is 0 Å². The second kappa shape index (κ2) is 7.48. The first kappa shape index (κ1) is 19.3. The largest absolute Gasteiger partial charge is 0.465 e. The van der Waals surface area contributed by atoms with Crippen LogP contribution < -0.4 is 0 Å². The van der Waals surface area contributed by atoms with E-state index >= 15 is 0 Å². The van der Waals surface area contributed by atoms with Gasteiger partial charge in [0.15, 0.2) is 0 Å². The lowest BCUT2D eigenvalue weighted by molar-refractivity contribution is -0.0831. The highest BCUT2D eigenvalue weighted by molar-refractivity contribution is 6.42. The van der Waals surface area contributed by atoms with Crippen molar-refractivity contribution in [1.82, 2.24) is 4.90 Å². The molecule has 24 heavy (non-hydrogen) atoms. The van der Waals surface area contributed by atoms with Gasteiger partial charge in [0, 0.05) is 12.5 Å². The summed E-state index contributed by atoms with van der Waals surface area (Å²) in [5.41, 5.74) is 0.539. The van der Waals surface area contributed by atoms with E-state index in [1.54, 1.807) is 18.2 Å². The van der Waals surface area contributed by atoms with Gasteiger partial charge in [-0.1, -0.05) is 50.0 Å². The fourth-order valence-electron chi connectivity index (χ4n) is 2.85. The quantitative estimate of drug-likeness (QED) is 0.822. The van der Waals surface area contributed by atoms with Gasteiger partial charge >= 0.3 is 6.09 Å². The van der Waals surface area contributed by atoms with Gasteiger partial charge in [-0.05, 0) is 23.1 Å². The number of benzene rings is 1. The highest BCUT2D eigenvalue weighted by Gasteiger charge is 2.39. The van der Waals surface area contributed by atoms with Crippen LogP contribution in [0.1, 0.15) is 32.3 Å². The smallest absolute Gasteiger partial charge is 0.407 e. The molecule has 1 aliphatic rings. The number of aliphatic hydroxyl groups excluding tert-OH is 1. The molecule has 0 radical (unpaired) electrons. The zero-order chi connectivity index (χ0) is 18.1. The van der Waals surface area contributed by atoms with E-state index in [1.807, 2.05) is 20.8 Å². The van der Waals surface area contributed by atoms with E-state index < -0.39 is 12.2 Å². The van der Waals surface area contributed by atoms with Gasteiger partial charge in [-0.25, -0.2) is 4.79 Å². The Balaban J connectivity index is 2.41. The molecule has 2 N–H and O–H groups in total. The molecule has 1 unspecified atom stereocenters. The summed E-state index contributed by atoms with van der Waals surface area (Å²) in [6.07, 6.45) is -1.84. The van der Waals surface area contributed by atoms with E-state index in [1.165, 1.54) is 4.90 Å². The summed E-state index contributed by atoms with van der Waals surface area (Å²) in [5, 5.41) is 20.2. The molecule has 3 atom stereocenters. The lowest BCUT2D eigenvalue weighted by atomic mass is 9.88. The van der Waals surface area contributed by atoms with E-state index in [0.29, 0.717) is 10.0 Å². The van der Waals surface area contributed by atoms with Crippen LogP contribution in [-0.2, 0) is 4.74 Å². The minimum absolute atomic E-state index is 0.203. The molecule has 1 amide bonds. The van der Waals surface area contributed by atoms with E-state index in [0.717, 1.165) is 5.56 Å². The Hall–Kier alpha value is -1.01. The van der Waals surface area contributed by atoms with Gasteiger partial charge in [-0.3, -0.25) is 0 Å². The summed E-state index contributed by atoms with van der Waals surface area (Å²) in [6.45, 7) is 6.26. The number of carboxylic acid groups (broad SMARTS) is 1. The predicted octanol–water partition coefficient (Wildman–Crippen LogP) is 3.86. The number of rotatable bonds is 2. The van der Waals surface area contributed by atoms with Crippen molar-refractivity contribution in [3.05, 3.63) is 33.8 Å². The Bertz CT molecular complexity index is 603. The fraction of sp³-hybridized carbons (Fsp3) is 0.588. The van der Waals surface area contributed by atoms with Crippen LogP contribution in [0.3, 0.4) is 0 Å². The summed E-state index contributed by atoms with van der Waals surface area (Å²) < 4.78 is 6.11. The average Bonchev–Trinajstić information content (AvgIpc) is 2.69. The zero-order valence-corrected chi connectivity index (χ0v) is 15.5. The number of amides is 1. The highest BCUT2D eigenvalue weighted by atomic mass is 35.5. The number of halogens is 2. The molecule has 1 aromatic carbocycles. The van der Waals surface area contributed by atoms with Crippen LogP contribution in [0.15, 0.2) is 18.2 Å². The van der Waals surface area contributed by atoms with Crippen molar-refractivity contribution < 1.29 is 19.7 Å². The van der Waals surface area contributed by atoms with Crippen LogP contribution in [0.2, 0.25) is 10.0 Å². The van der Waals surface area contributed by atoms with Gasteiger partial charge in [0.25, 0.3) is 0 Å². The van der Waals surface area contributed by atoms with E-state index in [-0.39, 0.29) is 37.1 Å². The van der Waals surface area contributed by atoms with Crippen LogP contribution in [0, 0.1) is 5.41 Å². The van der Waals surface area contributed by atoms with E-state index in [4.69, 9.17) is 27.9 Å². The monoisotopic (exact) mass is 375 g/mol. The molecule has 1 aliphatic heterocycles. The maximum absolute atomic E-state index is 11.6. The second-order valence-corrected chi connectivity index (χ2v) is 7.99. The number of hydrogen-bond donors (Lipinski definition) is 2. The van der Waals surface area contributed by atoms with Crippen molar-refractivity contribution >= 4 is 29.3 Å². The van der Waals surface area contributed by atoms with Gasteiger partial charge in [-0.15, -0.1) is 0 Å². The van der Waals surface area contributed by atoms with Gasteiger partial charge in [-0.2, -0.15) is 0 Å². The van der Waals surface area contributed by atoms with Crippen molar-refractivity contribution in [3.63, 3.8) is 0 Å². The molecule has 2 rings (SSSR count). The second-order valence-electron chi connectivity index (χ2n) is 7.18. The normalized spacial score (nSPS) is 25.4. The minimum Gasteiger partial charge on any atom is -0.465 e. The van der Waals surface area contributed by atoms with Crippen LogP contribution in [0.4, 0.5) is 4.79 Å². The number of ether oxygens (including phenoxy) is 1. The molecule has 1 fully saturated rings. The molecule has 0 spiro atoms. The molecule has 0 aromatic heterocycles. The summed E-state index contributed by atoms with van der Waals surface area (Å²) in [4.78, 5) is 13.0.